The van der Waals surface area contributed by atoms with Crippen molar-refractivity contribution >= 4 is 11.7 Å². The first-order valence-corrected chi connectivity index (χ1v) is 14.7. The molecular formula is C39H31N2O4+. The van der Waals surface area contributed by atoms with Crippen LogP contribution in [0.3, 0.4) is 0 Å². The number of esters is 1. The Morgan fingerprint density at radius 3 is 1.91 bits per heavy atom. The molecule has 0 aliphatic rings. The lowest BCUT2D eigenvalue weighted by Gasteiger charge is -2.26. The van der Waals surface area contributed by atoms with Gasteiger partial charge >= 0.3 is 5.97 Å². The number of hydrogen-bond acceptors (Lipinski definition) is 4. The zero-order chi connectivity index (χ0) is 31.2. The van der Waals surface area contributed by atoms with Crippen LogP contribution in [-0.4, -0.2) is 10.9 Å². The molecule has 2 unspecified atom stereocenters. The molecule has 0 amide bonds. The van der Waals surface area contributed by atoms with Gasteiger partial charge in [0.05, 0.1) is 10.5 Å². The Balaban J connectivity index is 1.58. The Morgan fingerprint density at radius 2 is 1.27 bits per heavy atom. The maximum Gasteiger partial charge on any atom is 0.339 e. The second-order valence-electron chi connectivity index (χ2n) is 10.8. The number of nitro groups is 1. The van der Waals surface area contributed by atoms with Crippen molar-refractivity contribution in [2.24, 2.45) is 0 Å². The van der Waals surface area contributed by atoms with Gasteiger partial charge in [0.1, 0.15) is 0 Å². The van der Waals surface area contributed by atoms with Crippen molar-refractivity contribution in [3.05, 3.63) is 190 Å². The Kier molecular flexibility index (Phi) is 8.56. The number of benzene rings is 5. The van der Waals surface area contributed by atoms with Gasteiger partial charge in [-0.1, -0.05) is 109 Å². The number of nitro benzene ring substituents is 1. The molecule has 0 bridgehead atoms. The molecule has 0 fully saturated rings. The summed E-state index contributed by atoms with van der Waals surface area (Å²) in [5.74, 6) is -0.518. The molecule has 0 aliphatic heterocycles. The van der Waals surface area contributed by atoms with Crippen LogP contribution in [-0.2, 0) is 4.74 Å². The van der Waals surface area contributed by atoms with Crippen LogP contribution in [0.4, 0.5) is 5.69 Å². The molecule has 220 valence electrons. The van der Waals surface area contributed by atoms with E-state index in [2.05, 4.69) is 22.8 Å². The minimum atomic E-state index is -0.920. The van der Waals surface area contributed by atoms with Gasteiger partial charge in [-0.25, -0.2) is 4.79 Å². The van der Waals surface area contributed by atoms with Gasteiger partial charge in [0.25, 0.3) is 5.69 Å². The predicted molar refractivity (Wildman–Crippen MR) is 175 cm³/mol. The number of aromatic nitrogens is 1. The van der Waals surface area contributed by atoms with Gasteiger partial charge in [-0.15, -0.1) is 0 Å². The van der Waals surface area contributed by atoms with Crippen molar-refractivity contribution in [3.8, 4) is 22.4 Å². The van der Waals surface area contributed by atoms with Crippen LogP contribution < -0.4 is 4.57 Å². The van der Waals surface area contributed by atoms with E-state index < -0.39 is 23.0 Å². The number of ether oxygens (including phenoxy) is 1. The Morgan fingerprint density at radius 1 is 0.667 bits per heavy atom. The Labute approximate surface area is 262 Å². The normalized spacial score (nSPS) is 12.2. The van der Waals surface area contributed by atoms with E-state index in [0.29, 0.717) is 11.1 Å². The van der Waals surface area contributed by atoms with Crippen molar-refractivity contribution in [1.82, 2.24) is 0 Å². The summed E-state index contributed by atoms with van der Waals surface area (Å²) in [7, 11) is 0. The van der Waals surface area contributed by atoms with Gasteiger partial charge in [-0.3, -0.25) is 10.1 Å². The first-order chi connectivity index (χ1) is 22.0. The van der Waals surface area contributed by atoms with E-state index in [0.717, 1.165) is 33.5 Å². The van der Waals surface area contributed by atoms with Crippen LogP contribution in [0.15, 0.2) is 158 Å². The summed E-state index contributed by atoms with van der Waals surface area (Å²) in [6.07, 6.45) is 1.09. The van der Waals surface area contributed by atoms with Crippen LogP contribution in [0.2, 0.25) is 0 Å². The molecule has 45 heavy (non-hydrogen) atoms. The lowest BCUT2D eigenvalue weighted by molar-refractivity contribution is -0.711. The van der Waals surface area contributed by atoms with Crippen LogP contribution in [0.25, 0.3) is 22.4 Å². The number of rotatable bonds is 9. The second kappa shape index (κ2) is 13.2. The molecule has 2 atom stereocenters. The highest BCUT2D eigenvalue weighted by Gasteiger charge is 2.39. The molecule has 0 spiro atoms. The molecule has 0 saturated heterocycles. The number of carbonyl (C=O) groups excluding carboxylic acids is 1. The molecule has 5 aromatic carbocycles. The summed E-state index contributed by atoms with van der Waals surface area (Å²) in [5.41, 5.74) is 6.69. The van der Waals surface area contributed by atoms with Gasteiger partial charge in [-0.2, -0.15) is 4.57 Å². The van der Waals surface area contributed by atoms with E-state index in [1.807, 2.05) is 110 Å². The van der Waals surface area contributed by atoms with E-state index in [-0.39, 0.29) is 5.69 Å². The smallest absolute Gasteiger partial charge is 0.339 e. The second-order valence-corrected chi connectivity index (χ2v) is 10.8. The van der Waals surface area contributed by atoms with E-state index in [9.17, 15) is 14.9 Å². The maximum absolute atomic E-state index is 13.8. The summed E-state index contributed by atoms with van der Waals surface area (Å²) in [6.45, 7) is 1.95. The first kappa shape index (κ1) is 29.2. The molecule has 6 rings (SSSR count). The minimum Gasteiger partial charge on any atom is -0.446 e. The van der Waals surface area contributed by atoms with Crippen LogP contribution in [0.1, 0.15) is 39.2 Å². The number of nitrogens with zero attached hydrogens (tertiary/aromatic N) is 2. The zero-order valence-electron chi connectivity index (χ0n) is 24.7. The van der Waals surface area contributed by atoms with Crippen molar-refractivity contribution in [1.29, 1.82) is 0 Å². The largest absolute Gasteiger partial charge is 0.446 e. The van der Waals surface area contributed by atoms with Crippen LogP contribution in [0.5, 0.6) is 0 Å². The summed E-state index contributed by atoms with van der Waals surface area (Å²) in [6, 6.07) is 47.1. The van der Waals surface area contributed by atoms with E-state index in [4.69, 9.17) is 4.74 Å². The average Bonchev–Trinajstić information content (AvgIpc) is 3.09. The lowest BCUT2D eigenvalue weighted by atomic mass is 9.93. The molecule has 0 aliphatic carbocycles. The summed E-state index contributed by atoms with van der Waals surface area (Å²) >= 11 is 0. The topological polar surface area (TPSA) is 73.3 Å². The van der Waals surface area contributed by atoms with Gasteiger partial charge in [-0.05, 0) is 42.3 Å². The summed E-state index contributed by atoms with van der Waals surface area (Å²) < 4.78 is 8.49. The molecule has 1 aromatic heterocycles. The van der Waals surface area contributed by atoms with Gasteiger partial charge in [0.2, 0.25) is 11.7 Å². The van der Waals surface area contributed by atoms with Gasteiger partial charge < -0.3 is 4.74 Å². The highest BCUT2D eigenvalue weighted by atomic mass is 16.6. The third-order valence-corrected chi connectivity index (χ3v) is 7.82. The molecule has 6 nitrogen and oxygen atoms in total. The van der Waals surface area contributed by atoms with E-state index >= 15 is 0 Å². The van der Waals surface area contributed by atoms with Crippen molar-refractivity contribution in [2.45, 2.75) is 19.1 Å². The predicted octanol–water partition coefficient (Wildman–Crippen LogP) is 8.71. The standard InChI is InChI=1S/C39H31N2O4/c1-28-20-22-32(23-21-28)39(42)45-38(34-18-11-19-35(26-34)41(43)44)37(31-16-9-4-10-17-31)40-25-24-33(29-12-5-2-6-13-29)27-36(40)30-14-7-3-8-15-30/h2-27,37-38H,1H3/q+1. The van der Waals surface area contributed by atoms with Crippen LogP contribution in [0, 0.1) is 17.0 Å². The average molecular weight is 592 g/mol. The Bertz CT molecular complexity index is 1930. The van der Waals surface area contributed by atoms with E-state index in [1.54, 1.807) is 24.3 Å². The molecule has 0 saturated carbocycles. The minimum absolute atomic E-state index is 0.0802. The van der Waals surface area contributed by atoms with Crippen molar-refractivity contribution < 1.29 is 19.0 Å². The monoisotopic (exact) mass is 591 g/mol. The Hall–Kier alpha value is -5.88. The van der Waals surface area contributed by atoms with Crippen molar-refractivity contribution in [3.63, 3.8) is 0 Å². The van der Waals surface area contributed by atoms with Gasteiger partial charge in [0, 0.05) is 41.0 Å². The summed E-state index contributed by atoms with van der Waals surface area (Å²) in [5, 5.41) is 11.9. The summed E-state index contributed by atoms with van der Waals surface area (Å²) in [4.78, 5) is 25.2. The molecule has 1 heterocycles. The fourth-order valence-electron chi connectivity index (χ4n) is 5.54. The molecule has 6 aromatic rings. The fraction of sp³-hybridized carbons (Fsp3) is 0.0769. The van der Waals surface area contributed by atoms with Crippen LogP contribution >= 0.6 is 0 Å². The number of non-ortho nitro benzene ring substituents is 1. The van der Waals surface area contributed by atoms with E-state index in [1.165, 1.54) is 12.1 Å². The van der Waals surface area contributed by atoms with Crippen molar-refractivity contribution in [2.75, 3.05) is 0 Å². The molecule has 0 radical (unpaired) electrons. The maximum atomic E-state index is 13.8. The SMILES string of the molecule is Cc1ccc(C(=O)OC(c2cccc([N+](=O)[O-])c2)C(c2ccccc2)[n+]2ccc(-c3ccccc3)cc2-c2ccccc2)cc1. The highest BCUT2D eigenvalue weighted by molar-refractivity contribution is 5.89. The third kappa shape index (κ3) is 6.55. The number of carbonyl (C=O) groups is 1. The van der Waals surface area contributed by atoms with Gasteiger partial charge in [0.15, 0.2) is 12.3 Å². The number of pyridine rings is 1. The molecular weight excluding hydrogens is 560 g/mol. The molecule has 0 N–H and O–H groups in total. The number of aryl methyl sites for hydroxylation is 1. The zero-order valence-corrected chi connectivity index (χ0v) is 24.7. The fourth-order valence-corrected chi connectivity index (χ4v) is 5.54. The number of hydrogen-bond donors (Lipinski definition) is 0. The lowest BCUT2D eigenvalue weighted by Crippen LogP contribution is -2.46. The quantitative estimate of drug-likeness (QED) is 0.0730. The third-order valence-electron chi connectivity index (χ3n) is 7.82. The first-order valence-electron chi connectivity index (χ1n) is 14.7. The highest BCUT2D eigenvalue weighted by Crippen LogP contribution is 2.36. The molecule has 6 heteroatoms.